The summed E-state index contributed by atoms with van der Waals surface area (Å²) in [7, 11) is -3.89. The van der Waals surface area contributed by atoms with Crippen molar-refractivity contribution in [3.8, 4) is 0 Å². The van der Waals surface area contributed by atoms with Crippen LogP contribution in [0, 0.1) is 12.7 Å². The molecule has 0 aliphatic carbocycles. The highest BCUT2D eigenvalue weighted by molar-refractivity contribution is 7.89. The second kappa shape index (κ2) is 8.68. The van der Waals surface area contributed by atoms with Gasteiger partial charge in [-0.3, -0.25) is 9.98 Å². The zero-order valence-corrected chi connectivity index (χ0v) is 18.8. The summed E-state index contributed by atoms with van der Waals surface area (Å²) in [6, 6.07) is 12.1. The van der Waals surface area contributed by atoms with Crippen LogP contribution in [-0.2, 0) is 16.4 Å². The third kappa shape index (κ3) is 5.38. The van der Waals surface area contributed by atoms with E-state index in [2.05, 4.69) is 30.6 Å². The highest BCUT2D eigenvalue weighted by Gasteiger charge is 2.23. The van der Waals surface area contributed by atoms with Gasteiger partial charge in [-0.15, -0.1) is 0 Å². The third-order valence-corrected chi connectivity index (χ3v) is 6.08. The van der Waals surface area contributed by atoms with Crippen LogP contribution in [0.3, 0.4) is 0 Å². The first-order chi connectivity index (χ1) is 15.6. The van der Waals surface area contributed by atoms with Gasteiger partial charge in [0.2, 0.25) is 16.0 Å². The third-order valence-electron chi connectivity index (χ3n) is 5.02. The first-order valence-corrected chi connectivity index (χ1v) is 11.5. The molecule has 33 heavy (non-hydrogen) atoms. The fourth-order valence-electron chi connectivity index (χ4n) is 3.37. The summed E-state index contributed by atoms with van der Waals surface area (Å²) in [5.74, 6) is -0.582. The first kappa shape index (κ1) is 22.5. The molecule has 1 aliphatic heterocycles. The number of benzene rings is 2. The maximum Gasteiger partial charge on any atom is 0.238 e. The van der Waals surface area contributed by atoms with Crippen LogP contribution in [-0.4, -0.2) is 36.5 Å². The maximum absolute atomic E-state index is 14.3. The Balaban J connectivity index is 1.50. The summed E-state index contributed by atoms with van der Waals surface area (Å²) in [4.78, 5) is 16.8. The van der Waals surface area contributed by atoms with Gasteiger partial charge in [0, 0.05) is 30.2 Å². The van der Waals surface area contributed by atoms with Crippen molar-refractivity contribution >= 4 is 45.6 Å². The van der Waals surface area contributed by atoms with Gasteiger partial charge in [-0.1, -0.05) is 18.2 Å². The fourth-order valence-corrected chi connectivity index (χ4v) is 4.18. The predicted molar refractivity (Wildman–Crippen MR) is 127 cm³/mol. The molecule has 0 spiro atoms. The van der Waals surface area contributed by atoms with Crippen LogP contribution in [0.15, 0.2) is 63.5 Å². The number of anilines is 4. The minimum Gasteiger partial charge on any atom is -0.338 e. The average Bonchev–Trinajstić information content (AvgIpc) is 3.18. The smallest absolute Gasteiger partial charge is 0.238 e. The van der Waals surface area contributed by atoms with Crippen LogP contribution in [0.5, 0.6) is 0 Å². The first-order valence-electron chi connectivity index (χ1n) is 9.99. The molecule has 0 amide bonds. The number of aliphatic imine (C=N–C) groups is 2. The highest BCUT2D eigenvalue weighted by atomic mass is 32.2. The lowest BCUT2D eigenvalue weighted by Gasteiger charge is -2.17. The molecular formula is C22H22FN7O2S. The summed E-state index contributed by atoms with van der Waals surface area (Å²) in [6.07, 6.45) is 5.04. The van der Waals surface area contributed by atoms with Gasteiger partial charge in [0.25, 0.3) is 0 Å². The lowest BCUT2D eigenvalue weighted by molar-refractivity contribution is 0.507. The van der Waals surface area contributed by atoms with E-state index in [4.69, 9.17) is 5.14 Å². The van der Waals surface area contributed by atoms with E-state index >= 15 is 0 Å². The Morgan fingerprint density at radius 1 is 1.03 bits per heavy atom. The van der Waals surface area contributed by atoms with E-state index in [0.717, 1.165) is 11.8 Å². The summed E-state index contributed by atoms with van der Waals surface area (Å²) in [5, 5.41) is 11.1. The molecule has 11 heteroatoms. The van der Waals surface area contributed by atoms with E-state index < -0.39 is 21.5 Å². The molecule has 0 saturated heterocycles. The van der Waals surface area contributed by atoms with Crippen molar-refractivity contribution in [1.29, 1.82) is 0 Å². The molecule has 1 aliphatic rings. The second-order valence-electron chi connectivity index (χ2n) is 7.81. The topological polar surface area (TPSA) is 135 Å². The van der Waals surface area contributed by atoms with Crippen LogP contribution in [0.1, 0.15) is 18.1 Å². The highest BCUT2D eigenvalue weighted by Crippen LogP contribution is 2.25. The van der Waals surface area contributed by atoms with Crippen LogP contribution in [0.4, 0.5) is 27.5 Å². The molecule has 2 aromatic carbocycles. The number of nitrogens with one attached hydrogen (secondary N) is 2. The summed E-state index contributed by atoms with van der Waals surface area (Å²) in [5.41, 5.74) is 2.09. The quantitative estimate of drug-likeness (QED) is 0.487. The molecule has 0 atom stereocenters. The number of hydrogen-bond donors (Lipinski definition) is 3. The number of sulfonamides is 1. The summed E-state index contributed by atoms with van der Waals surface area (Å²) < 4.78 is 37.8. The molecule has 0 fully saturated rings. The number of rotatable bonds is 7. The molecule has 0 bridgehead atoms. The van der Waals surface area contributed by atoms with E-state index in [1.165, 1.54) is 6.07 Å². The minimum atomic E-state index is -3.89. The van der Waals surface area contributed by atoms with E-state index in [1.807, 2.05) is 31.2 Å². The zero-order chi connectivity index (χ0) is 23.6. The number of halogens is 1. The molecule has 0 saturated carbocycles. The van der Waals surface area contributed by atoms with Gasteiger partial charge in [0.05, 0.1) is 11.1 Å². The second-order valence-corrected chi connectivity index (χ2v) is 9.34. The minimum absolute atomic E-state index is 0.0177. The van der Waals surface area contributed by atoms with E-state index in [1.54, 1.807) is 31.5 Å². The van der Waals surface area contributed by atoms with Crippen molar-refractivity contribution in [3.63, 3.8) is 0 Å². The Morgan fingerprint density at radius 3 is 2.36 bits per heavy atom. The van der Waals surface area contributed by atoms with Crippen molar-refractivity contribution in [2.45, 2.75) is 30.8 Å². The molecule has 170 valence electrons. The molecular weight excluding hydrogens is 445 g/mol. The molecule has 3 aromatic rings. The van der Waals surface area contributed by atoms with Crippen molar-refractivity contribution in [2.75, 3.05) is 10.6 Å². The van der Waals surface area contributed by atoms with Crippen molar-refractivity contribution in [1.82, 2.24) is 9.97 Å². The number of aromatic nitrogens is 2. The van der Waals surface area contributed by atoms with Crippen molar-refractivity contribution in [3.05, 3.63) is 65.6 Å². The largest absolute Gasteiger partial charge is 0.338 e. The van der Waals surface area contributed by atoms with Crippen LogP contribution in [0.25, 0.3) is 0 Å². The van der Waals surface area contributed by atoms with Crippen LogP contribution < -0.4 is 15.8 Å². The van der Waals surface area contributed by atoms with Crippen LogP contribution in [0.2, 0.25) is 0 Å². The zero-order valence-electron chi connectivity index (χ0n) is 17.9. The molecule has 9 nitrogen and oxygen atoms in total. The Hall–Kier alpha value is -3.70. The molecule has 4 N–H and O–H groups in total. The number of hydrogen-bond acceptors (Lipinski definition) is 8. The standard InChI is InChI=1S/C22H22FN7O2S/c1-14-3-6-17(11-19(14)33(24,31)32)29-21-25-13-18(23)20(30-21)28-16-7-4-15(5-8-16)12-22(2)26-9-10-27-22/h3-11,13H,12H2,1-2H3,(H2,24,31,32)(H2,25,28,29,30). The average molecular weight is 468 g/mol. The van der Waals surface area contributed by atoms with E-state index in [-0.39, 0.29) is 16.7 Å². The fraction of sp³-hybridized carbons (Fsp3) is 0.182. The maximum atomic E-state index is 14.3. The van der Waals surface area contributed by atoms with E-state index in [0.29, 0.717) is 23.4 Å². The van der Waals surface area contributed by atoms with Crippen molar-refractivity contribution in [2.24, 2.45) is 15.1 Å². The molecule has 2 heterocycles. The summed E-state index contributed by atoms with van der Waals surface area (Å²) >= 11 is 0. The Kier molecular flexibility index (Phi) is 5.91. The summed E-state index contributed by atoms with van der Waals surface area (Å²) in [6.45, 7) is 3.59. The number of aryl methyl sites for hydroxylation is 1. The normalized spacial score (nSPS) is 14.4. The SMILES string of the molecule is Cc1ccc(Nc2ncc(F)c(Nc3ccc(CC4(C)N=CC=N4)cc3)n2)cc1S(N)(=O)=O. The van der Waals surface area contributed by atoms with Gasteiger partial charge < -0.3 is 10.6 Å². The Labute approximate surface area is 190 Å². The van der Waals surface area contributed by atoms with Gasteiger partial charge >= 0.3 is 0 Å². The Morgan fingerprint density at radius 2 is 1.70 bits per heavy atom. The lowest BCUT2D eigenvalue weighted by Crippen LogP contribution is -2.19. The molecule has 0 unspecified atom stereocenters. The number of primary sulfonamides is 1. The Bertz CT molecular complexity index is 1340. The van der Waals surface area contributed by atoms with Crippen molar-refractivity contribution < 1.29 is 12.8 Å². The van der Waals surface area contributed by atoms with Gasteiger partial charge in [-0.05, 0) is 49.2 Å². The number of nitrogens with zero attached hydrogens (tertiary/aromatic N) is 4. The van der Waals surface area contributed by atoms with Gasteiger partial charge in [0.15, 0.2) is 17.3 Å². The van der Waals surface area contributed by atoms with E-state index in [9.17, 15) is 12.8 Å². The van der Waals surface area contributed by atoms with Gasteiger partial charge in [-0.2, -0.15) is 4.98 Å². The molecule has 0 radical (unpaired) electrons. The van der Waals surface area contributed by atoms with Gasteiger partial charge in [0.1, 0.15) is 0 Å². The molecule has 4 rings (SSSR count). The molecule has 1 aromatic heterocycles. The predicted octanol–water partition coefficient (Wildman–Crippen LogP) is 3.47. The van der Waals surface area contributed by atoms with Crippen LogP contribution >= 0.6 is 0 Å². The number of nitrogens with two attached hydrogens (primary N) is 1. The van der Waals surface area contributed by atoms with Gasteiger partial charge in [-0.25, -0.2) is 22.9 Å². The monoisotopic (exact) mass is 467 g/mol. The lowest BCUT2D eigenvalue weighted by atomic mass is 10.0.